The van der Waals surface area contributed by atoms with Crippen LogP contribution in [0.1, 0.15) is 20.3 Å². The minimum Gasteiger partial charge on any atom is -0.398 e. The molecule has 0 fully saturated rings. The van der Waals surface area contributed by atoms with E-state index in [1.807, 2.05) is 0 Å². The third-order valence-electron chi connectivity index (χ3n) is 2.62. The fraction of sp³-hybridized carbons (Fsp3) is 0.615. The van der Waals surface area contributed by atoms with Gasteiger partial charge < -0.3 is 15.2 Å². The zero-order valence-electron chi connectivity index (χ0n) is 11.0. The maximum atomic E-state index is 11.5. The summed E-state index contributed by atoms with van der Waals surface area (Å²) in [6, 6.07) is 3.16. The van der Waals surface area contributed by atoms with Gasteiger partial charge in [-0.2, -0.15) is 0 Å². The van der Waals surface area contributed by atoms with E-state index >= 15 is 0 Å². The van der Waals surface area contributed by atoms with Gasteiger partial charge in [0.15, 0.2) is 0 Å². The Morgan fingerprint density at radius 1 is 1.41 bits per heavy atom. The lowest BCUT2D eigenvalue weighted by Gasteiger charge is -2.18. The molecule has 2 N–H and O–H groups in total. The third-order valence-corrected chi connectivity index (χ3v) is 2.62. The van der Waals surface area contributed by atoms with Crippen molar-refractivity contribution in [3.05, 3.63) is 28.7 Å². The van der Waals surface area contributed by atoms with Gasteiger partial charge in [-0.25, -0.2) is 0 Å². The molecule has 4 nitrogen and oxygen atoms in total. The molecular weight excluding hydrogens is 214 g/mol. The number of nitrogen functional groups attached to an aromatic ring is 1. The van der Waals surface area contributed by atoms with Gasteiger partial charge in [-0.05, 0) is 32.0 Å². The molecule has 1 rings (SSSR count). The molecule has 4 heteroatoms. The molecule has 17 heavy (non-hydrogen) atoms. The lowest BCUT2D eigenvalue weighted by atomic mass is 10.2. The number of pyridine rings is 1. The number of aromatic nitrogens is 1. The average molecular weight is 237 g/mol. The van der Waals surface area contributed by atoms with Gasteiger partial charge in [0.2, 0.25) is 0 Å². The molecule has 1 heterocycles. The molecule has 0 aromatic carbocycles. The molecule has 96 valence electrons. The molecular formula is C13H23N3O. The number of nitrogens with zero attached hydrogens (tertiary/aromatic N) is 2. The first-order valence-electron chi connectivity index (χ1n) is 6.13. The van der Waals surface area contributed by atoms with E-state index in [2.05, 4.69) is 25.8 Å². The van der Waals surface area contributed by atoms with Crippen LogP contribution in [0.15, 0.2) is 23.1 Å². The SMILES string of the molecule is CC(C)CN(C)CCCn1cc(N)ccc1=O. The molecule has 0 radical (unpaired) electrons. The van der Waals surface area contributed by atoms with E-state index in [0.29, 0.717) is 11.6 Å². The monoisotopic (exact) mass is 237 g/mol. The van der Waals surface area contributed by atoms with Crippen LogP contribution in [0.25, 0.3) is 0 Å². The summed E-state index contributed by atoms with van der Waals surface area (Å²) in [5.41, 5.74) is 6.31. The van der Waals surface area contributed by atoms with Crippen molar-refractivity contribution < 1.29 is 0 Å². The van der Waals surface area contributed by atoms with Crippen LogP contribution in [0.3, 0.4) is 0 Å². The largest absolute Gasteiger partial charge is 0.398 e. The normalized spacial score (nSPS) is 11.4. The highest BCUT2D eigenvalue weighted by Gasteiger charge is 2.02. The van der Waals surface area contributed by atoms with Crippen molar-refractivity contribution >= 4 is 5.69 Å². The number of hydrogen-bond acceptors (Lipinski definition) is 3. The maximum Gasteiger partial charge on any atom is 0.250 e. The lowest BCUT2D eigenvalue weighted by Crippen LogP contribution is -2.26. The maximum absolute atomic E-state index is 11.5. The van der Waals surface area contributed by atoms with Crippen molar-refractivity contribution in [3.63, 3.8) is 0 Å². The van der Waals surface area contributed by atoms with E-state index in [1.165, 1.54) is 6.07 Å². The Hall–Kier alpha value is -1.29. The van der Waals surface area contributed by atoms with Gasteiger partial charge in [0.05, 0.1) is 0 Å². The van der Waals surface area contributed by atoms with Gasteiger partial charge >= 0.3 is 0 Å². The van der Waals surface area contributed by atoms with Crippen molar-refractivity contribution in [1.29, 1.82) is 0 Å². The van der Waals surface area contributed by atoms with Gasteiger partial charge in [-0.1, -0.05) is 13.8 Å². The van der Waals surface area contributed by atoms with Crippen LogP contribution in [0, 0.1) is 5.92 Å². The van der Waals surface area contributed by atoms with Crippen LogP contribution in [0.4, 0.5) is 5.69 Å². The zero-order chi connectivity index (χ0) is 12.8. The van der Waals surface area contributed by atoms with Crippen molar-refractivity contribution in [2.24, 2.45) is 5.92 Å². The van der Waals surface area contributed by atoms with Gasteiger partial charge in [-0.3, -0.25) is 4.79 Å². The first-order chi connectivity index (χ1) is 7.99. The van der Waals surface area contributed by atoms with Crippen molar-refractivity contribution in [2.45, 2.75) is 26.8 Å². The van der Waals surface area contributed by atoms with Gasteiger partial charge in [0, 0.05) is 31.0 Å². The molecule has 0 atom stereocenters. The molecule has 0 unspecified atom stereocenters. The van der Waals surface area contributed by atoms with Crippen LogP contribution in [0.5, 0.6) is 0 Å². The molecule has 0 spiro atoms. The molecule has 0 amide bonds. The van der Waals surface area contributed by atoms with E-state index in [-0.39, 0.29) is 5.56 Å². The fourth-order valence-electron chi connectivity index (χ4n) is 1.95. The second kappa shape index (κ2) is 6.45. The van der Waals surface area contributed by atoms with E-state index in [4.69, 9.17) is 5.73 Å². The Balaban J connectivity index is 2.40. The van der Waals surface area contributed by atoms with Crippen LogP contribution >= 0.6 is 0 Å². The molecule has 1 aromatic heterocycles. The van der Waals surface area contributed by atoms with Crippen LogP contribution in [-0.4, -0.2) is 29.6 Å². The predicted molar refractivity (Wildman–Crippen MR) is 72.1 cm³/mol. The lowest BCUT2D eigenvalue weighted by molar-refractivity contribution is 0.286. The minimum absolute atomic E-state index is 0.0192. The molecule has 0 saturated heterocycles. The smallest absolute Gasteiger partial charge is 0.250 e. The standard InChI is InChI=1S/C13H23N3O/c1-11(2)9-15(3)7-4-8-16-10-12(14)5-6-13(16)17/h5-6,10-11H,4,7-9,14H2,1-3H3. The van der Waals surface area contributed by atoms with Crippen LogP contribution < -0.4 is 11.3 Å². The molecule has 0 saturated carbocycles. The molecule has 0 aliphatic rings. The fourth-order valence-corrected chi connectivity index (χ4v) is 1.95. The quantitative estimate of drug-likeness (QED) is 0.814. The number of nitrogens with two attached hydrogens (primary N) is 1. The Kier molecular flexibility index (Phi) is 5.22. The molecule has 1 aromatic rings. The summed E-state index contributed by atoms with van der Waals surface area (Å²) in [5.74, 6) is 0.676. The van der Waals surface area contributed by atoms with Crippen LogP contribution in [-0.2, 0) is 6.54 Å². The number of aryl methyl sites for hydroxylation is 1. The molecule has 0 aliphatic heterocycles. The van der Waals surface area contributed by atoms with Crippen molar-refractivity contribution in [1.82, 2.24) is 9.47 Å². The molecule has 0 bridgehead atoms. The average Bonchev–Trinajstić information content (AvgIpc) is 2.22. The Labute approximate surface area is 103 Å². The van der Waals surface area contributed by atoms with Crippen molar-refractivity contribution in [2.75, 3.05) is 25.9 Å². The van der Waals surface area contributed by atoms with E-state index in [1.54, 1.807) is 16.8 Å². The second-order valence-electron chi connectivity index (χ2n) is 5.00. The minimum atomic E-state index is 0.0192. The predicted octanol–water partition coefficient (Wildman–Crippen LogP) is 1.41. The van der Waals surface area contributed by atoms with Gasteiger partial charge in [-0.15, -0.1) is 0 Å². The first-order valence-corrected chi connectivity index (χ1v) is 6.13. The summed E-state index contributed by atoms with van der Waals surface area (Å²) >= 11 is 0. The highest BCUT2D eigenvalue weighted by molar-refractivity contribution is 5.33. The van der Waals surface area contributed by atoms with E-state index < -0.39 is 0 Å². The summed E-state index contributed by atoms with van der Waals surface area (Å²) in [6.45, 7) is 7.23. The summed E-state index contributed by atoms with van der Waals surface area (Å²) in [5, 5.41) is 0. The van der Waals surface area contributed by atoms with Crippen LogP contribution in [0.2, 0.25) is 0 Å². The number of hydrogen-bond donors (Lipinski definition) is 1. The summed E-state index contributed by atoms with van der Waals surface area (Å²) in [6.07, 6.45) is 2.68. The van der Waals surface area contributed by atoms with Crippen molar-refractivity contribution in [3.8, 4) is 0 Å². The highest BCUT2D eigenvalue weighted by atomic mass is 16.1. The second-order valence-corrected chi connectivity index (χ2v) is 5.00. The number of rotatable bonds is 6. The van der Waals surface area contributed by atoms with E-state index in [9.17, 15) is 4.79 Å². The Morgan fingerprint density at radius 3 is 2.76 bits per heavy atom. The Bertz CT molecular complexity index is 398. The number of anilines is 1. The zero-order valence-corrected chi connectivity index (χ0v) is 11.0. The highest BCUT2D eigenvalue weighted by Crippen LogP contribution is 2.00. The van der Waals surface area contributed by atoms with Gasteiger partial charge in [0.1, 0.15) is 0 Å². The Morgan fingerprint density at radius 2 is 2.12 bits per heavy atom. The summed E-state index contributed by atoms with van der Waals surface area (Å²) < 4.78 is 1.68. The van der Waals surface area contributed by atoms with Gasteiger partial charge in [0.25, 0.3) is 5.56 Å². The first kappa shape index (κ1) is 13.8. The topological polar surface area (TPSA) is 51.3 Å². The third kappa shape index (κ3) is 5.04. The molecule has 0 aliphatic carbocycles. The summed E-state index contributed by atoms with van der Waals surface area (Å²) in [7, 11) is 2.11. The van der Waals surface area contributed by atoms with E-state index in [0.717, 1.165) is 26.1 Å². The summed E-state index contributed by atoms with van der Waals surface area (Å²) in [4.78, 5) is 13.8.